The molecule has 1 fully saturated rings. The Morgan fingerprint density at radius 2 is 1.93 bits per heavy atom. The highest BCUT2D eigenvalue weighted by molar-refractivity contribution is 7.98. The van der Waals surface area contributed by atoms with Crippen molar-refractivity contribution in [2.45, 2.75) is 18.1 Å². The average Bonchev–Trinajstić information content (AvgIpc) is 3.14. The van der Waals surface area contributed by atoms with Gasteiger partial charge < -0.3 is 4.90 Å². The molecule has 0 atom stereocenters. The highest BCUT2D eigenvalue weighted by Gasteiger charge is 2.21. The van der Waals surface area contributed by atoms with Gasteiger partial charge in [0.25, 0.3) is 5.91 Å². The highest BCUT2D eigenvalue weighted by atomic mass is 32.2. The minimum atomic E-state index is -0.214. The van der Waals surface area contributed by atoms with Crippen LogP contribution in [0.25, 0.3) is 5.69 Å². The largest absolute Gasteiger partial charge is 0.337 e. The molecule has 0 N–H and O–H groups in total. The third kappa shape index (κ3) is 4.74. The summed E-state index contributed by atoms with van der Waals surface area (Å²) in [6.45, 7) is 3.93. The van der Waals surface area contributed by atoms with Gasteiger partial charge in [-0.15, -0.1) is 0 Å². The predicted molar refractivity (Wildman–Crippen MR) is 118 cm³/mol. The molecule has 0 saturated carbocycles. The van der Waals surface area contributed by atoms with Crippen LogP contribution < -0.4 is 0 Å². The van der Waals surface area contributed by atoms with Crippen LogP contribution in [0.2, 0.25) is 0 Å². The standard InChI is InChI=1S/C23H25FN4OS/c1-30-23-25-10-13-28(23)21-5-2-4-19(16-21)22(29)27-12-3-11-26(14-15-27)17-18-6-8-20(24)9-7-18/h2,4-10,13,16H,3,11-12,14-15,17H2,1H3. The predicted octanol–water partition coefficient (Wildman–Crippen LogP) is 4.08. The van der Waals surface area contributed by atoms with Crippen LogP contribution >= 0.6 is 11.8 Å². The molecule has 1 saturated heterocycles. The van der Waals surface area contributed by atoms with Crippen molar-refractivity contribution < 1.29 is 9.18 Å². The number of benzene rings is 2. The van der Waals surface area contributed by atoms with E-state index in [-0.39, 0.29) is 11.7 Å². The van der Waals surface area contributed by atoms with Gasteiger partial charge in [0.2, 0.25) is 0 Å². The van der Waals surface area contributed by atoms with Crippen molar-refractivity contribution in [2.24, 2.45) is 0 Å². The quantitative estimate of drug-likeness (QED) is 0.579. The molecular formula is C23H25FN4OS. The Morgan fingerprint density at radius 1 is 1.10 bits per heavy atom. The summed E-state index contributed by atoms with van der Waals surface area (Å²) in [6.07, 6.45) is 6.59. The van der Waals surface area contributed by atoms with Gasteiger partial charge in [0.1, 0.15) is 5.82 Å². The van der Waals surface area contributed by atoms with Crippen LogP contribution in [0.3, 0.4) is 0 Å². The van der Waals surface area contributed by atoms with Crippen molar-refractivity contribution >= 4 is 17.7 Å². The Bertz CT molecular complexity index is 1000. The van der Waals surface area contributed by atoms with E-state index in [0.29, 0.717) is 12.1 Å². The topological polar surface area (TPSA) is 41.4 Å². The van der Waals surface area contributed by atoms with Crippen LogP contribution in [0, 0.1) is 5.82 Å². The number of hydrogen-bond donors (Lipinski definition) is 0. The number of aromatic nitrogens is 2. The van der Waals surface area contributed by atoms with Gasteiger partial charge in [0, 0.05) is 56.4 Å². The Labute approximate surface area is 180 Å². The van der Waals surface area contributed by atoms with Crippen LogP contribution in [-0.2, 0) is 6.54 Å². The summed E-state index contributed by atoms with van der Waals surface area (Å²) < 4.78 is 15.1. The molecule has 1 aliphatic rings. The second kappa shape index (κ2) is 9.45. The third-order valence-corrected chi connectivity index (χ3v) is 6.02. The molecule has 30 heavy (non-hydrogen) atoms. The van der Waals surface area contributed by atoms with E-state index < -0.39 is 0 Å². The van der Waals surface area contributed by atoms with E-state index in [2.05, 4.69) is 9.88 Å². The van der Waals surface area contributed by atoms with Crippen LogP contribution in [0.15, 0.2) is 66.1 Å². The molecule has 1 amide bonds. The van der Waals surface area contributed by atoms with Crippen molar-refractivity contribution in [3.8, 4) is 5.69 Å². The van der Waals surface area contributed by atoms with Crippen molar-refractivity contribution in [2.75, 3.05) is 32.4 Å². The first-order chi connectivity index (χ1) is 14.6. The van der Waals surface area contributed by atoms with Crippen LogP contribution in [0.5, 0.6) is 0 Å². The summed E-state index contributed by atoms with van der Waals surface area (Å²) >= 11 is 1.57. The second-order valence-electron chi connectivity index (χ2n) is 7.38. The van der Waals surface area contributed by atoms with Crippen molar-refractivity contribution in [3.63, 3.8) is 0 Å². The Morgan fingerprint density at radius 3 is 2.73 bits per heavy atom. The Balaban J connectivity index is 1.43. The van der Waals surface area contributed by atoms with Gasteiger partial charge in [-0.25, -0.2) is 9.37 Å². The lowest BCUT2D eigenvalue weighted by atomic mass is 10.1. The molecule has 0 bridgehead atoms. The molecule has 0 radical (unpaired) electrons. The molecule has 1 aliphatic heterocycles. The molecular weight excluding hydrogens is 399 g/mol. The monoisotopic (exact) mass is 424 g/mol. The van der Waals surface area contributed by atoms with E-state index in [1.807, 2.05) is 58.3 Å². The van der Waals surface area contributed by atoms with Crippen LogP contribution in [0.4, 0.5) is 4.39 Å². The number of nitrogens with zero attached hydrogens (tertiary/aromatic N) is 4. The van der Waals surface area contributed by atoms with E-state index in [1.165, 1.54) is 12.1 Å². The first kappa shape index (κ1) is 20.6. The zero-order valence-corrected chi connectivity index (χ0v) is 17.8. The van der Waals surface area contributed by atoms with Crippen LogP contribution in [0.1, 0.15) is 22.3 Å². The summed E-state index contributed by atoms with van der Waals surface area (Å²) in [4.78, 5) is 21.8. The number of hydrogen-bond acceptors (Lipinski definition) is 4. The van der Waals surface area contributed by atoms with Gasteiger partial charge in [0.15, 0.2) is 5.16 Å². The Kier molecular flexibility index (Phi) is 6.50. The zero-order chi connectivity index (χ0) is 20.9. The van der Waals surface area contributed by atoms with Crippen LogP contribution in [-0.4, -0.2) is 57.7 Å². The normalized spacial score (nSPS) is 15.2. The summed E-state index contributed by atoms with van der Waals surface area (Å²) in [5.74, 6) is -0.153. The molecule has 5 nitrogen and oxygen atoms in total. The molecule has 4 rings (SSSR count). The van der Waals surface area contributed by atoms with Gasteiger partial charge in [0.05, 0.1) is 0 Å². The number of imidazole rings is 1. The van der Waals surface area contributed by atoms with E-state index in [0.717, 1.165) is 49.0 Å². The third-order valence-electron chi connectivity index (χ3n) is 5.36. The average molecular weight is 425 g/mol. The lowest BCUT2D eigenvalue weighted by Gasteiger charge is -2.22. The van der Waals surface area contributed by atoms with Gasteiger partial charge in [-0.2, -0.15) is 0 Å². The van der Waals surface area contributed by atoms with E-state index in [1.54, 1.807) is 18.0 Å². The summed E-state index contributed by atoms with van der Waals surface area (Å²) in [6, 6.07) is 14.4. The maximum atomic E-state index is 13.2. The van der Waals surface area contributed by atoms with Crippen molar-refractivity contribution in [1.82, 2.24) is 19.4 Å². The minimum Gasteiger partial charge on any atom is -0.337 e. The summed E-state index contributed by atoms with van der Waals surface area (Å²) in [5, 5.41) is 0.894. The fourth-order valence-corrected chi connectivity index (χ4v) is 4.32. The molecule has 1 aromatic heterocycles. The van der Waals surface area contributed by atoms with Gasteiger partial charge in [-0.1, -0.05) is 30.0 Å². The number of carbonyl (C=O) groups is 1. The number of thioether (sulfide) groups is 1. The number of carbonyl (C=O) groups excluding carboxylic acids is 1. The lowest BCUT2D eigenvalue weighted by molar-refractivity contribution is 0.0761. The van der Waals surface area contributed by atoms with E-state index >= 15 is 0 Å². The molecule has 3 aromatic rings. The van der Waals surface area contributed by atoms with Gasteiger partial charge in [-0.05, 0) is 48.6 Å². The molecule has 2 heterocycles. The maximum Gasteiger partial charge on any atom is 0.253 e. The van der Waals surface area contributed by atoms with Crippen molar-refractivity contribution in [1.29, 1.82) is 0 Å². The summed E-state index contributed by atoms with van der Waals surface area (Å²) in [7, 11) is 0. The van der Waals surface area contributed by atoms with Gasteiger partial charge >= 0.3 is 0 Å². The zero-order valence-electron chi connectivity index (χ0n) is 17.0. The minimum absolute atomic E-state index is 0.0614. The molecule has 156 valence electrons. The molecule has 7 heteroatoms. The fraction of sp³-hybridized carbons (Fsp3) is 0.304. The smallest absolute Gasteiger partial charge is 0.253 e. The lowest BCUT2D eigenvalue weighted by Crippen LogP contribution is -2.35. The number of rotatable bonds is 5. The molecule has 2 aromatic carbocycles. The second-order valence-corrected chi connectivity index (χ2v) is 8.16. The first-order valence-electron chi connectivity index (χ1n) is 10.1. The highest BCUT2D eigenvalue weighted by Crippen LogP contribution is 2.20. The van der Waals surface area contributed by atoms with E-state index in [4.69, 9.17) is 0 Å². The molecule has 0 unspecified atom stereocenters. The molecule has 0 aliphatic carbocycles. The number of amides is 1. The summed E-state index contributed by atoms with van der Waals surface area (Å²) in [5.41, 5.74) is 2.73. The first-order valence-corrected chi connectivity index (χ1v) is 11.3. The van der Waals surface area contributed by atoms with Crippen molar-refractivity contribution in [3.05, 3.63) is 77.9 Å². The van der Waals surface area contributed by atoms with Gasteiger partial charge in [-0.3, -0.25) is 14.3 Å². The molecule has 0 spiro atoms. The SMILES string of the molecule is CSc1nccn1-c1cccc(C(=O)N2CCCN(Cc3ccc(F)cc3)CC2)c1. The maximum absolute atomic E-state index is 13.2. The van der Waals surface area contributed by atoms with E-state index in [9.17, 15) is 9.18 Å². The Hall–Kier alpha value is -2.64. The number of halogens is 1. The fourth-order valence-electron chi connectivity index (χ4n) is 3.79.